The van der Waals surface area contributed by atoms with E-state index in [2.05, 4.69) is 20.6 Å². The number of carbonyl (C=O) groups is 2. The molecule has 0 saturated heterocycles. The standard InChI is InChI=1S/C14H12N4O2S/c19-13-8-21-12-2-1-9(5-10(12)18-13)6-17-14(20)11-7-15-3-4-16-11/h1-5,7H,6,8H2,(H,17,20)(H,18,19). The number of rotatable bonds is 3. The third kappa shape index (κ3) is 3.19. The number of aromatic nitrogens is 2. The van der Waals surface area contributed by atoms with E-state index in [4.69, 9.17) is 0 Å². The third-order valence-electron chi connectivity index (χ3n) is 2.93. The summed E-state index contributed by atoms with van der Waals surface area (Å²) in [5.74, 6) is 0.155. The fourth-order valence-corrected chi connectivity index (χ4v) is 2.72. The van der Waals surface area contributed by atoms with Gasteiger partial charge in [-0.2, -0.15) is 0 Å². The van der Waals surface area contributed by atoms with Gasteiger partial charge in [0.2, 0.25) is 5.91 Å². The zero-order chi connectivity index (χ0) is 14.7. The molecule has 0 saturated carbocycles. The Labute approximate surface area is 125 Å². The van der Waals surface area contributed by atoms with Crippen LogP contribution in [0, 0.1) is 0 Å². The number of thioether (sulfide) groups is 1. The molecule has 0 spiro atoms. The molecule has 0 unspecified atom stereocenters. The van der Waals surface area contributed by atoms with Gasteiger partial charge in [-0.1, -0.05) is 6.07 Å². The van der Waals surface area contributed by atoms with Crippen molar-refractivity contribution in [2.24, 2.45) is 0 Å². The highest BCUT2D eigenvalue weighted by molar-refractivity contribution is 8.00. The maximum atomic E-state index is 11.9. The first kappa shape index (κ1) is 13.6. The first-order chi connectivity index (χ1) is 10.2. The van der Waals surface area contributed by atoms with Crippen LogP contribution in [0.3, 0.4) is 0 Å². The molecule has 2 N–H and O–H groups in total. The molecular formula is C14H12N4O2S. The average Bonchev–Trinajstić information content (AvgIpc) is 2.53. The summed E-state index contributed by atoms with van der Waals surface area (Å²) < 4.78 is 0. The molecule has 1 aromatic heterocycles. The number of benzene rings is 1. The first-order valence-electron chi connectivity index (χ1n) is 6.32. The van der Waals surface area contributed by atoms with Gasteiger partial charge in [0.05, 0.1) is 17.6 Å². The van der Waals surface area contributed by atoms with Gasteiger partial charge < -0.3 is 10.6 Å². The molecule has 3 rings (SSSR count). The largest absolute Gasteiger partial charge is 0.347 e. The zero-order valence-corrected chi connectivity index (χ0v) is 11.8. The highest BCUT2D eigenvalue weighted by Crippen LogP contribution is 2.31. The number of anilines is 1. The lowest BCUT2D eigenvalue weighted by Crippen LogP contribution is -2.24. The van der Waals surface area contributed by atoms with E-state index >= 15 is 0 Å². The van der Waals surface area contributed by atoms with Crippen molar-refractivity contribution in [1.29, 1.82) is 0 Å². The molecular weight excluding hydrogens is 288 g/mol. The van der Waals surface area contributed by atoms with Crippen molar-refractivity contribution < 1.29 is 9.59 Å². The highest BCUT2D eigenvalue weighted by atomic mass is 32.2. The van der Waals surface area contributed by atoms with Crippen LogP contribution in [0.15, 0.2) is 41.7 Å². The molecule has 0 radical (unpaired) electrons. The van der Waals surface area contributed by atoms with Gasteiger partial charge in [-0.05, 0) is 17.7 Å². The smallest absolute Gasteiger partial charge is 0.271 e. The molecule has 106 valence electrons. The van der Waals surface area contributed by atoms with Crippen LogP contribution in [0.1, 0.15) is 16.1 Å². The molecule has 1 aromatic carbocycles. The molecule has 0 bridgehead atoms. The molecule has 2 heterocycles. The lowest BCUT2D eigenvalue weighted by Gasteiger charge is -2.17. The van der Waals surface area contributed by atoms with Gasteiger partial charge in [-0.25, -0.2) is 4.98 Å². The Bertz CT molecular complexity index is 691. The summed E-state index contributed by atoms with van der Waals surface area (Å²) in [6, 6.07) is 5.75. The SMILES string of the molecule is O=C1CSc2ccc(CNC(=O)c3cnccn3)cc2N1. The van der Waals surface area contributed by atoms with Crippen molar-refractivity contribution in [3.05, 3.63) is 48.0 Å². The van der Waals surface area contributed by atoms with Gasteiger partial charge in [0.15, 0.2) is 0 Å². The maximum Gasteiger partial charge on any atom is 0.271 e. The van der Waals surface area contributed by atoms with Crippen molar-refractivity contribution >= 4 is 29.3 Å². The van der Waals surface area contributed by atoms with Crippen LogP contribution in [0.4, 0.5) is 5.69 Å². The zero-order valence-electron chi connectivity index (χ0n) is 11.0. The van der Waals surface area contributed by atoms with Crippen molar-refractivity contribution in [1.82, 2.24) is 15.3 Å². The summed E-state index contributed by atoms with van der Waals surface area (Å²) >= 11 is 1.51. The van der Waals surface area contributed by atoms with Crippen LogP contribution in [0.5, 0.6) is 0 Å². The molecule has 0 aliphatic carbocycles. The molecule has 1 aliphatic rings. The second-order valence-corrected chi connectivity index (χ2v) is 5.46. The van der Waals surface area contributed by atoms with Crippen LogP contribution >= 0.6 is 11.8 Å². The number of nitrogens with one attached hydrogen (secondary N) is 2. The number of amides is 2. The fourth-order valence-electron chi connectivity index (χ4n) is 1.93. The van der Waals surface area contributed by atoms with Crippen LogP contribution in [0.2, 0.25) is 0 Å². The van der Waals surface area contributed by atoms with Crippen molar-refractivity contribution in [3.8, 4) is 0 Å². The minimum atomic E-state index is -0.278. The number of nitrogens with zero attached hydrogens (tertiary/aromatic N) is 2. The number of hydrogen-bond donors (Lipinski definition) is 2. The fraction of sp³-hybridized carbons (Fsp3) is 0.143. The number of carbonyl (C=O) groups excluding carboxylic acids is 2. The van der Waals surface area contributed by atoms with Gasteiger partial charge in [0, 0.05) is 23.8 Å². The molecule has 2 amide bonds. The second-order valence-electron chi connectivity index (χ2n) is 4.44. The maximum absolute atomic E-state index is 11.9. The quantitative estimate of drug-likeness (QED) is 0.896. The van der Waals surface area contributed by atoms with E-state index in [0.717, 1.165) is 16.1 Å². The van der Waals surface area contributed by atoms with E-state index in [1.807, 2.05) is 18.2 Å². The summed E-state index contributed by atoms with van der Waals surface area (Å²) in [4.78, 5) is 32.1. The van der Waals surface area contributed by atoms with E-state index in [9.17, 15) is 9.59 Å². The normalized spacial score (nSPS) is 13.2. The molecule has 21 heavy (non-hydrogen) atoms. The number of hydrogen-bond acceptors (Lipinski definition) is 5. The van der Waals surface area contributed by atoms with E-state index in [-0.39, 0.29) is 17.5 Å². The summed E-state index contributed by atoms with van der Waals surface area (Å²) in [5, 5.41) is 5.60. The summed E-state index contributed by atoms with van der Waals surface area (Å²) in [5.41, 5.74) is 1.98. The van der Waals surface area contributed by atoms with Crippen molar-refractivity contribution in [2.45, 2.75) is 11.4 Å². The Morgan fingerprint density at radius 1 is 1.38 bits per heavy atom. The van der Waals surface area contributed by atoms with Crippen LogP contribution < -0.4 is 10.6 Å². The van der Waals surface area contributed by atoms with E-state index < -0.39 is 0 Å². The van der Waals surface area contributed by atoms with Gasteiger partial charge >= 0.3 is 0 Å². The monoisotopic (exact) mass is 300 g/mol. The Morgan fingerprint density at radius 2 is 2.29 bits per heavy atom. The Hall–Kier alpha value is -2.41. The van der Waals surface area contributed by atoms with Gasteiger partial charge in [0.1, 0.15) is 5.69 Å². The second kappa shape index (κ2) is 5.92. The molecule has 6 nitrogen and oxygen atoms in total. The summed E-state index contributed by atoms with van der Waals surface area (Å²) in [6.45, 7) is 0.364. The molecule has 1 aliphatic heterocycles. The molecule has 0 atom stereocenters. The molecule has 0 fully saturated rings. The Kier molecular flexibility index (Phi) is 3.83. The van der Waals surface area contributed by atoms with E-state index in [1.165, 1.54) is 30.4 Å². The average molecular weight is 300 g/mol. The predicted molar refractivity (Wildman–Crippen MR) is 79.0 cm³/mol. The number of fused-ring (bicyclic) bond motifs is 1. The first-order valence-corrected chi connectivity index (χ1v) is 7.31. The lowest BCUT2D eigenvalue weighted by atomic mass is 10.2. The predicted octanol–water partition coefficient (Wildman–Crippen LogP) is 1.45. The minimum absolute atomic E-state index is 0.00625. The molecule has 2 aromatic rings. The minimum Gasteiger partial charge on any atom is -0.347 e. The van der Waals surface area contributed by atoms with Crippen molar-refractivity contribution in [2.75, 3.05) is 11.1 Å². The van der Waals surface area contributed by atoms with Gasteiger partial charge in [0.25, 0.3) is 5.91 Å². The Balaban J connectivity index is 1.67. The van der Waals surface area contributed by atoms with Crippen LogP contribution in [0.25, 0.3) is 0 Å². The van der Waals surface area contributed by atoms with Crippen LogP contribution in [-0.2, 0) is 11.3 Å². The molecule has 7 heteroatoms. The van der Waals surface area contributed by atoms with E-state index in [0.29, 0.717) is 12.3 Å². The van der Waals surface area contributed by atoms with Crippen LogP contribution in [-0.4, -0.2) is 27.5 Å². The summed E-state index contributed by atoms with van der Waals surface area (Å²) in [6.07, 6.45) is 4.40. The Morgan fingerprint density at radius 3 is 3.10 bits per heavy atom. The summed E-state index contributed by atoms with van der Waals surface area (Å²) in [7, 11) is 0. The van der Waals surface area contributed by atoms with Gasteiger partial charge in [-0.15, -0.1) is 11.8 Å². The third-order valence-corrected chi connectivity index (χ3v) is 4.00. The van der Waals surface area contributed by atoms with Crippen molar-refractivity contribution in [3.63, 3.8) is 0 Å². The van der Waals surface area contributed by atoms with Gasteiger partial charge in [-0.3, -0.25) is 14.6 Å². The van der Waals surface area contributed by atoms with E-state index in [1.54, 1.807) is 0 Å². The highest BCUT2D eigenvalue weighted by Gasteiger charge is 2.15. The lowest BCUT2D eigenvalue weighted by molar-refractivity contribution is -0.113. The topological polar surface area (TPSA) is 84.0 Å².